The van der Waals surface area contributed by atoms with Gasteiger partial charge in [-0.25, -0.2) is 0 Å². The van der Waals surface area contributed by atoms with Gasteiger partial charge in [0.1, 0.15) is 5.75 Å². The first kappa shape index (κ1) is 13.5. The van der Waals surface area contributed by atoms with Crippen molar-refractivity contribution in [3.05, 3.63) is 36.7 Å². The number of hydrogen-bond acceptors (Lipinski definition) is 4. The summed E-state index contributed by atoms with van der Waals surface area (Å²) in [5.74, 6) is 0.516. The van der Waals surface area contributed by atoms with Crippen molar-refractivity contribution in [3.8, 4) is 5.75 Å². The number of nitrogens with zero attached hydrogens (tertiary/aromatic N) is 2. The predicted octanol–water partition coefficient (Wildman–Crippen LogP) is 2.28. The summed E-state index contributed by atoms with van der Waals surface area (Å²) in [6, 6.07) is 7.84. The molecule has 2 aromatic rings. The average molecular weight is 286 g/mol. The van der Waals surface area contributed by atoms with Gasteiger partial charge in [0.15, 0.2) is 6.10 Å². The van der Waals surface area contributed by atoms with Gasteiger partial charge in [-0.05, 0) is 26.0 Å². The molecule has 0 saturated heterocycles. The average Bonchev–Trinajstić information content (AvgIpc) is 2.95. The summed E-state index contributed by atoms with van der Waals surface area (Å²) in [4.78, 5) is 12.2. The van der Waals surface area contributed by atoms with Crippen LogP contribution in [0.2, 0.25) is 0 Å². The molecule has 0 bridgehead atoms. The quantitative estimate of drug-likeness (QED) is 0.908. The Bertz CT molecular complexity index is 651. The van der Waals surface area contributed by atoms with Crippen LogP contribution >= 0.6 is 0 Å². The second-order valence-electron chi connectivity index (χ2n) is 5.28. The molecule has 0 saturated carbocycles. The molecule has 1 aromatic carbocycles. The van der Waals surface area contributed by atoms with Crippen molar-refractivity contribution < 1.29 is 9.53 Å². The van der Waals surface area contributed by atoms with Crippen molar-refractivity contribution in [2.45, 2.75) is 26.0 Å². The highest BCUT2D eigenvalue weighted by Crippen LogP contribution is 2.28. The number of amides is 1. The van der Waals surface area contributed by atoms with Crippen LogP contribution in [0.15, 0.2) is 36.7 Å². The Morgan fingerprint density at radius 1 is 1.48 bits per heavy atom. The molecule has 1 unspecified atom stereocenters. The minimum atomic E-state index is -0.553. The van der Waals surface area contributed by atoms with E-state index in [1.807, 2.05) is 44.3 Å². The van der Waals surface area contributed by atoms with Crippen LogP contribution in [0.4, 0.5) is 11.4 Å². The van der Waals surface area contributed by atoms with Gasteiger partial charge in [0.2, 0.25) is 0 Å². The molecular formula is C15H18N4O2. The Labute approximate surface area is 123 Å². The molecule has 21 heavy (non-hydrogen) atoms. The number of anilines is 2. The van der Waals surface area contributed by atoms with Gasteiger partial charge < -0.3 is 15.4 Å². The van der Waals surface area contributed by atoms with Crippen LogP contribution in [0.1, 0.15) is 19.9 Å². The molecular weight excluding hydrogens is 268 g/mol. The molecule has 0 spiro atoms. The second kappa shape index (κ2) is 5.47. The molecule has 1 aliphatic rings. The molecule has 1 amide bonds. The first-order valence-corrected chi connectivity index (χ1v) is 6.98. The minimum Gasteiger partial charge on any atom is -0.477 e. The molecule has 0 fully saturated rings. The van der Waals surface area contributed by atoms with Crippen LogP contribution in [0, 0.1) is 0 Å². The van der Waals surface area contributed by atoms with Crippen LogP contribution in [0.5, 0.6) is 5.75 Å². The summed E-state index contributed by atoms with van der Waals surface area (Å²) >= 11 is 0. The molecule has 1 aromatic heterocycles. The van der Waals surface area contributed by atoms with Crippen molar-refractivity contribution in [2.75, 3.05) is 17.2 Å². The molecule has 2 N–H and O–H groups in total. The van der Waals surface area contributed by atoms with Crippen LogP contribution in [0.25, 0.3) is 0 Å². The van der Waals surface area contributed by atoms with Gasteiger partial charge in [-0.3, -0.25) is 9.48 Å². The van der Waals surface area contributed by atoms with Crippen molar-refractivity contribution >= 4 is 17.3 Å². The monoisotopic (exact) mass is 286 g/mol. The number of nitrogens with one attached hydrogen (secondary N) is 2. The first-order chi connectivity index (χ1) is 10.1. The van der Waals surface area contributed by atoms with E-state index in [0.29, 0.717) is 18.0 Å². The number of hydrogen-bond donors (Lipinski definition) is 2. The normalized spacial score (nSPS) is 16.8. The van der Waals surface area contributed by atoms with Crippen molar-refractivity contribution in [1.82, 2.24) is 9.78 Å². The largest absolute Gasteiger partial charge is 0.477 e. The molecule has 6 nitrogen and oxygen atoms in total. The van der Waals surface area contributed by atoms with Crippen LogP contribution in [-0.2, 0) is 4.79 Å². The predicted molar refractivity (Wildman–Crippen MR) is 80.6 cm³/mol. The van der Waals surface area contributed by atoms with Crippen LogP contribution in [-0.4, -0.2) is 28.3 Å². The van der Waals surface area contributed by atoms with Crippen molar-refractivity contribution in [2.24, 2.45) is 0 Å². The van der Waals surface area contributed by atoms with E-state index in [1.165, 1.54) is 0 Å². The third-order valence-electron chi connectivity index (χ3n) is 3.32. The van der Waals surface area contributed by atoms with E-state index in [1.54, 1.807) is 10.9 Å². The summed E-state index contributed by atoms with van der Waals surface area (Å²) in [6.45, 7) is 4.51. The number of carbonyl (C=O) groups is 1. The topological polar surface area (TPSA) is 68.2 Å². The van der Waals surface area contributed by atoms with Crippen LogP contribution < -0.4 is 15.4 Å². The third kappa shape index (κ3) is 2.84. The highest BCUT2D eigenvalue weighted by Gasteiger charge is 2.25. The molecule has 0 radical (unpaired) electrons. The Hall–Kier alpha value is -2.50. The maximum atomic E-state index is 12.2. The summed E-state index contributed by atoms with van der Waals surface area (Å²) in [5.41, 5.74) is 1.59. The van der Waals surface area contributed by atoms with Crippen molar-refractivity contribution in [3.63, 3.8) is 0 Å². The zero-order chi connectivity index (χ0) is 14.8. The maximum absolute atomic E-state index is 12.2. The molecule has 3 rings (SSSR count). The van der Waals surface area contributed by atoms with E-state index in [4.69, 9.17) is 4.74 Å². The van der Waals surface area contributed by atoms with E-state index >= 15 is 0 Å². The van der Waals surface area contributed by atoms with Gasteiger partial charge in [0.05, 0.1) is 24.1 Å². The van der Waals surface area contributed by atoms with Gasteiger partial charge in [-0.1, -0.05) is 12.1 Å². The lowest BCUT2D eigenvalue weighted by molar-refractivity contribution is -0.122. The van der Waals surface area contributed by atoms with Gasteiger partial charge in [-0.15, -0.1) is 0 Å². The summed E-state index contributed by atoms with van der Waals surface area (Å²) in [5, 5.41) is 10.2. The molecule has 1 atom stereocenters. The summed E-state index contributed by atoms with van der Waals surface area (Å²) in [7, 11) is 0. The Balaban J connectivity index is 1.66. The fourth-order valence-electron chi connectivity index (χ4n) is 2.17. The number of aromatic nitrogens is 2. The number of benzene rings is 1. The van der Waals surface area contributed by atoms with E-state index in [0.717, 1.165) is 5.69 Å². The minimum absolute atomic E-state index is 0.180. The molecule has 2 heterocycles. The van der Waals surface area contributed by atoms with Gasteiger partial charge in [0.25, 0.3) is 5.91 Å². The lowest BCUT2D eigenvalue weighted by atomic mass is 10.2. The Morgan fingerprint density at radius 3 is 3.05 bits per heavy atom. The summed E-state index contributed by atoms with van der Waals surface area (Å²) in [6.07, 6.45) is 2.90. The molecule has 6 heteroatoms. The van der Waals surface area contributed by atoms with E-state index < -0.39 is 6.10 Å². The SMILES string of the molecule is CC(C)n1cc(NC(=O)C2CNc3ccccc3O2)cn1. The number of rotatable bonds is 3. The summed E-state index contributed by atoms with van der Waals surface area (Å²) < 4.78 is 7.51. The maximum Gasteiger partial charge on any atom is 0.267 e. The lowest BCUT2D eigenvalue weighted by Crippen LogP contribution is -2.41. The highest BCUT2D eigenvalue weighted by molar-refractivity contribution is 5.95. The second-order valence-corrected chi connectivity index (χ2v) is 5.28. The Kier molecular flexibility index (Phi) is 3.51. The van der Waals surface area contributed by atoms with Gasteiger partial charge >= 0.3 is 0 Å². The third-order valence-corrected chi connectivity index (χ3v) is 3.32. The number of carbonyl (C=O) groups excluding carboxylic acids is 1. The zero-order valence-electron chi connectivity index (χ0n) is 12.0. The van der Waals surface area contributed by atoms with Crippen LogP contribution in [0.3, 0.4) is 0 Å². The van der Waals surface area contributed by atoms with E-state index in [2.05, 4.69) is 15.7 Å². The number of para-hydroxylation sites is 2. The molecule has 0 aliphatic carbocycles. The first-order valence-electron chi connectivity index (χ1n) is 6.98. The van der Waals surface area contributed by atoms with Gasteiger partial charge in [-0.2, -0.15) is 5.10 Å². The lowest BCUT2D eigenvalue weighted by Gasteiger charge is -2.26. The molecule has 1 aliphatic heterocycles. The standard InChI is InChI=1S/C15H18N4O2/c1-10(2)19-9-11(7-17-19)18-15(20)14-8-16-12-5-3-4-6-13(12)21-14/h3-7,9-10,14,16H,8H2,1-2H3,(H,18,20). The van der Waals surface area contributed by atoms with E-state index in [9.17, 15) is 4.79 Å². The highest BCUT2D eigenvalue weighted by atomic mass is 16.5. The fraction of sp³-hybridized carbons (Fsp3) is 0.333. The fourth-order valence-corrected chi connectivity index (χ4v) is 2.17. The zero-order valence-corrected chi connectivity index (χ0v) is 12.0. The smallest absolute Gasteiger partial charge is 0.267 e. The van der Waals surface area contributed by atoms with Gasteiger partial charge in [0, 0.05) is 12.2 Å². The number of fused-ring (bicyclic) bond motifs is 1. The van der Waals surface area contributed by atoms with E-state index in [-0.39, 0.29) is 11.9 Å². The Morgan fingerprint density at radius 2 is 2.29 bits per heavy atom. The number of ether oxygens (including phenoxy) is 1. The van der Waals surface area contributed by atoms with Crippen molar-refractivity contribution in [1.29, 1.82) is 0 Å². The molecule has 110 valence electrons.